The summed E-state index contributed by atoms with van der Waals surface area (Å²) in [4.78, 5) is 27.2. The van der Waals surface area contributed by atoms with E-state index >= 15 is 0 Å². The van der Waals surface area contributed by atoms with Gasteiger partial charge in [0, 0.05) is 21.3 Å². The summed E-state index contributed by atoms with van der Waals surface area (Å²) in [6, 6.07) is 46.1. The quantitative estimate of drug-likeness (QED) is 0.107. The van der Waals surface area contributed by atoms with Crippen LogP contribution < -0.4 is 9.47 Å². The molecular weight excluding hydrogens is 705 g/mol. The van der Waals surface area contributed by atoms with Gasteiger partial charge in [0.25, 0.3) is 0 Å². The predicted octanol–water partition coefficient (Wildman–Crippen LogP) is 11.6. The van der Waals surface area contributed by atoms with Crippen LogP contribution in [-0.4, -0.2) is 22.2 Å². The van der Waals surface area contributed by atoms with Crippen molar-refractivity contribution in [3.63, 3.8) is 0 Å². The van der Waals surface area contributed by atoms with E-state index in [0.717, 1.165) is 43.8 Å². The summed E-state index contributed by atoms with van der Waals surface area (Å²) in [6.45, 7) is 8.43. The van der Waals surface area contributed by atoms with Gasteiger partial charge in [-0.1, -0.05) is 100 Å². The first-order valence-corrected chi connectivity index (χ1v) is 18.8. The third-order valence-corrected chi connectivity index (χ3v) is 11.2. The molecule has 0 saturated carbocycles. The molecule has 7 rings (SSSR count). The van der Waals surface area contributed by atoms with Crippen molar-refractivity contribution in [2.45, 2.75) is 38.5 Å². The van der Waals surface area contributed by atoms with Crippen molar-refractivity contribution in [2.24, 2.45) is 0 Å². The van der Waals surface area contributed by atoms with E-state index in [-0.39, 0.29) is 22.3 Å². The minimum Gasteiger partial charge on any atom is -0.508 e. The molecule has 1 aromatic heterocycles. The number of carbonyl (C=O) groups excluding carboxylic acids is 2. The normalized spacial score (nSPS) is 11.6. The van der Waals surface area contributed by atoms with E-state index in [1.54, 1.807) is 84.1 Å². The molecule has 0 bridgehead atoms. The molecule has 0 aliphatic carbocycles. The maximum atomic E-state index is 13.1. The minimum atomic E-state index is -0.445. The van der Waals surface area contributed by atoms with Crippen LogP contribution in [0.15, 0.2) is 157 Å². The topological polar surface area (TPSA) is 93.1 Å². The Hall–Kier alpha value is -6.44. The molecule has 6 aromatic carbocycles. The van der Waals surface area contributed by atoms with Gasteiger partial charge in [0.05, 0.1) is 11.1 Å². The van der Waals surface area contributed by atoms with Crippen molar-refractivity contribution in [1.82, 2.24) is 0 Å². The van der Waals surface area contributed by atoms with Crippen molar-refractivity contribution in [3.8, 4) is 44.6 Å². The lowest BCUT2D eigenvalue weighted by atomic mass is 9.78. The van der Waals surface area contributed by atoms with E-state index in [1.807, 2.05) is 84.2 Å². The molecule has 1 heterocycles. The second kappa shape index (κ2) is 15.1. The molecule has 0 saturated heterocycles. The number of esters is 2. The van der Waals surface area contributed by atoms with Crippen LogP contribution in [0, 0.1) is 0 Å². The Labute approximate surface area is 324 Å². The zero-order chi connectivity index (χ0) is 38.7. The van der Waals surface area contributed by atoms with Gasteiger partial charge in [0.1, 0.15) is 23.0 Å². The fourth-order valence-electron chi connectivity index (χ4n) is 6.60. The zero-order valence-corrected chi connectivity index (χ0v) is 31.8. The third-order valence-electron chi connectivity index (χ3n) is 10.2. The molecule has 274 valence electrons. The number of hydrogen-bond acceptors (Lipinski definition) is 7. The molecule has 0 amide bonds. The summed E-state index contributed by atoms with van der Waals surface area (Å²) >= 11 is 1.60. The van der Waals surface area contributed by atoms with Gasteiger partial charge in [-0.25, -0.2) is 9.59 Å². The molecule has 0 spiro atoms. The molecular formula is C48H40O6S. The Kier molecular flexibility index (Phi) is 10.1. The maximum Gasteiger partial charge on any atom is 0.343 e. The molecule has 6 nitrogen and oxygen atoms in total. The van der Waals surface area contributed by atoms with Gasteiger partial charge in [-0.2, -0.15) is 0 Å². The Morgan fingerprint density at radius 2 is 0.800 bits per heavy atom. The average molecular weight is 745 g/mol. The van der Waals surface area contributed by atoms with Crippen molar-refractivity contribution in [2.75, 3.05) is 0 Å². The van der Waals surface area contributed by atoms with Gasteiger partial charge in [-0.05, 0) is 118 Å². The zero-order valence-electron chi connectivity index (χ0n) is 30.9. The van der Waals surface area contributed by atoms with Crippen LogP contribution in [0.25, 0.3) is 21.6 Å². The number of benzene rings is 6. The highest BCUT2D eigenvalue weighted by Crippen LogP contribution is 2.38. The monoisotopic (exact) mass is 744 g/mol. The summed E-state index contributed by atoms with van der Waals surface area (Å²) in [5.74, 6) is 0.472. The molecule has 55 heavy (non-hydrogen) atoms. The van der Waals surface area contributed by atoms with Crippen molar-refractivity contribution >= 4 is 23.3 Å². The first-order valence-electron chi connectivity index (χ1n) is 17.9. The summed E-state index contributed by atoms with van der Waals surface area (Å²) in [5, 5.41) is 21.4. The van der Waals surface area contributed by atoms with Crippen molar-refractivity contribution < 1.29 is 29.3 Å². The summed E-state index contributed by atoms with van der Waals surface area (Å²) < 4.78 is 11.4. The Balaban J connectivity index is 0.976. The standard InChI is InChI=1S/C48H40O6S/c1-47(2,35-13-21-39(49)22-14-35)37-17-25-41(26-18-37)53-45(51)33-9-5-31(6-10-33)43-29-30-55-44(43)32-7-11-34(12-8-32)46(52)54-42-27-19-38(20-28-42)48(3,4)36-15-23-40(50)24-16-36/h5-30,49-50H,1-4H3. The van der Waals surface area contributed by atoms with Gasteiger partial charge < -0.3 is 19.7 Å². The van der Waals surface area contributed by atoms with Crippen molar-refractivity contribution in [1.29, 1.82) is 0 Å². The highest BCUT2D eigenvalue weighted by atomic mass is 32.1. The lowest BCUT2D eigenvalue weighted by Gasteiger charge is -2.26. The largest absolute Gasteiger partial charge is 0.508 e. The Morgan fingerprint density at radius 1 is 0.455 bits per heavy atom. The highest BCUT2D eigenvalue weighted by molar-refractivity contribution is 7.14. The molecule has 0 fully saturated rings. The molecule has 7 heteroatoms. The molecule has 0 aliphatic heterocycles. The van der Waals surface area contributed by atoms with Crippen LogP contribution in [0.3, 0.4) is 0 Å². The van der Waals surface area contributed by atoms with Crippen LogP contribution in [0.4, 0.5) is 0 Å². The van der Waals surface area contributed by atoms with E-state index in [2.05, 4.69) is 27.7 Å². The van der Waals surface area contributed by atoms with E-state index in [0.29, 0.717) is 22.6 Å². The predicted molar refractivity (Wildman–Crippen MR) is 218 cm³/mol. The van der Waals surface area contributed by atoms with E-state index < -0.39 is 11.9 Å². The number of phenolic OH excluding ortho intramolecular Hbond substituents is 2. The molecule has 2 N–H and O–H groups in total. The van der Waals surface area contributed by atoms with Crippen LogP contribution in [0.2, 0.25) is 0 Å². The second-order valence-electron chi connectivity index (χ2n) is 14.5. The Bertz CT molecular complexity index is 2250. The second-order valence-corrected chi connectivity index (χ2v) is 15.4. The molecule has 0 unspecified atom stereocenters. The fraction of sp³-hybridized carbons (Fsp3) is 0.125. The molecule has 0 radical (unpaired) electrons. The van der Waals surface area contributed by atoms with Gasteiger partial charge >= 0.3 is 11.9 Å². The smallest absolute Gasteiger partial charge is 0.343 e. The third kappa shape index (κ3) is 7.93. The number of rotatable bonds is 10. The fourth-order valence-corrected chi connectivity index (χ4v) is 7.53. The van der Waals surface area contributed by atoms with Crippen molar-refractivity contribution in [3.05, 3.63) is 190 Å². The Morgan fingerprint density at radius 3 is 1.18 bits per heavy atom. The van der Waals surface area contributed by atoms with Gasteiger partial charge in [-0.15, -0.1) is 11.3 Å². The minimum absolute atomic E-state index is 0.227. The first-order chi connectivity index (χ1) is 26.4. The van der Waals surface area contributed by atoms with Crippen LogP contribution >= 0.6 is 11.3 Å². The average Bonchev–Trinajstić information content (AvgIpc) is 3.69. The van der Waals surface area contributed by atoms with Gasteiger partial charge in [0.2, 0.25) is 0 Å². The number of aromatic hydroxyl groups is 2. The van der Waals surface area contributed by atoms with E-state index in [4.69, 9.17) is 9.47 Å². The lowest BCUT2D eigenvalue weighted by molar-refractivity contribution is 0.0725. The highest BCUT2D eigenvalue weighted by Gasteiger charge is 2.25. The van der Waals surface area contributed by atoms with Crippen LogP contribution in [0.5, 0.6) is 23.0 Å². The number of phenols is 2. The molecule has 0 atom stereocenters. The number of ether oxygens (including phenoxy) is 2. The number of hydrogen-bond donors (Lipinski definition) is 2. The van der Waals surface area contributed by atoms with E-state index in [9.17, 15) is 19.8 Å². The van der Waals surface area contributed by atoms with Crippen LogP contribution in [-0.2, 0) is 10.8 Å². The summed E-state index contributed by atoms with van der Waals surface area (Å²) in [7, 11) is 0. The number of carbonyl (C=O) groups is 2. The van der Waals surface area contributed by atoms with Gasteiger partial charge in [0.15, 0.2) is 0 Å². The van der Waals surface area contributed by atoms with Crippen LogP contribution in [0.1, 0.15) is 70.7 Å². The maximum absolute atomic E-state index is 13.1. The van der Waals surface area contributed by atoms with Gasteiger partial charge in [-0.3, -0.25) is 0 Å². The number of thiophene rings is 1. The SMILES string of the molecule is CC(C)(c1ccc(O)cc1)c1ccc(OC(=O)c2ccc(-c3ccsc3-c3ccc(C(=O)Oc4ccc(C(C)(C)c5ccc(O)cc5)cc4)cc3)cc2)cc1. The summed E-state index contributed by atoms with van der Waals surface area (Å²) in [5.41, 5.74) is 7.44. The van der Waals surface area contributed by atoms with E-state index in [1.165, 1.54) is 0 Å². The molecule has 0 aliphatic rings. The lowest BCUT2D eigenvalue weighted by Crippen LogP contribution is -2.18. The molecule has 7 aromatic rings. The summed E-state index contributed by atoms with van der Waals surface area (Å²) in [6.07, 6.45) is 0. The first kappa shape index (κ1) is 36.9.